The van der Waals surface area contributed by atoms with Crippen molar-refractivity contribution in [2.24, 2.45) is 0 Å². The van der Waals surface area contributed by atoms with E-state index in [0.717, 1.165) is 18.8 Å². The molecule has 0 fully saturated rings. The molecule has 0 aromatic carbocycles. The van der Waals surface area contributed by atoms with Crippen LogP contribution in [0.15, 0.2) is 12.5 Å². The molecule has 1 rings (SSSR count). The third-order valence-corrected chi connectivity index (χ3v) is 4.83. The van der Waals surface area contributed by atoms with Crippen LogP contribution in [0.4, 0.5) is 0 Å². The summed E-state index contributed by atoms with van der Waals surface area (Å²) >= 11 is 2.37. The molecule has 0 saturated carbocycles. The molecule has 1 atom stereocenters. The number of hydrogen-bond acceptors (Lipinski definition) is 3. The van der Waals surface area contributed by atoms with Crippen LogP contribution in [0.25, 0.3) is 0 Å². The van der Waals surface area contributed by atoms with Gasteiger partial charge in [-0.1, -0.05) is 20.8 Å². The number of hydrogen-bond donors (Lipinski definition) is 0. The van der Waals surface area contributed by atoms with Crippen LogP contribution in [0.3, 0.4) is 0 Å². The van der Waals surface area contributed by atoms with Gasteiger partial charge in [-0.05, 0) is 35.8 Å². The Kier molecular flexibility index (Phi) is 11.3. The van der Waals surface area contributed by atoms with Gasteiger partial charge in [0.15, 0.2) is 0 Å². The second-order valence-electron chi connectivity index (χ2n) is 4.10. The van der Waals surface area contributed by atoms with Gasteiger partial charge in [0.2, 0.25) is 0 Å². The minimum absolute atomic E-state index is 0.615. The first-order valence-electron chi connectivity index (χ1n) is 6.71. The lowest BCUT2D eigenvalue weighted by Gasteiger charge is -2.24. The van der Waals surface area contributed by atoms with Gasteiger partial charge in [0.25, 0.3) is 0 Å². The highest BCUT2D eigenvalue weighted by atomic mass is 127. The van der Waals surface area contributed by atoms with Crippen LogP contribution in [0, 0.1) is 6.92 Å². The molecule has 0 aliphatic heterocycles. The molecule has 0 N–H and O–H groups in total. The standard InChI is InChI=1S/C11H20IN3S.C2H6/c1-4-6-15(16-12)11(3)5-7-14-8-10(2)13-9-14;1-2/h8-9,11H,4-7H2,1-3H3;1-2H3/t11-;/m0./s1. The van der Waals surface area contributed by atoms with Gasteiger partial charge in [0.1, 0.15) is 0 Å². The van der Waals surface area contributed by atoms with Crippen molar-refractivity contribution in [2.45, 2.75) is 60.0 Å². The van der Waals surface area contributed by atoms with E-state index in [9.17, 15) is 0 Å². The van der Waals surface area contributed by atoms with Crippen LogP contribution in [0.1, 0.15) is 46.2 Å². The van der Waals surface area contributed by atoms with Crippen molar-refractivity contribution in [3.63, 3.8) is 0 Å². The van der Waals surface area contributed by atoms with E-state index in [1.165, 1.54) is 12.8 Å². The Labute approximate surface area is 128 Å². The molecule has 5 heteroatoms. The Hall–Kier alpha value is 0.250. The Bertz CT molecular complexity index is 304. The number of rotatable bonds is 7. The molecule has 1 aromatic heterocycles. The molecular formula is C13H26IN3S. The number of halogens is 1. The Morgan fingerprint density at radius 2 is 2.17 bits per heavy atom. The quantitative estimate of drug-likeness (QED) is 0.503. The highest BCUT2D eigenvalue weighted by Gasteiger charge is 2.12. The lowest BCUT2D eigenvalue weighted by molar-refractivity contribution is 0.344. The molecule has 1 heterocycles. The summed E-state index contributed by atoms with van der Waals surface area (Å²) in [6.45, 7) is 12.8. The van der Waals surface area contributed by atoms with E-state index >= 15 is 0 Å². The molecule has 0 aliphatic rings. The van der Waals surface area contributed by atoms with Gasteiger partial charge < -0.3 is 4.57 Å². The molecule has 0 radical (unpaired) electrons. The number of nitrogens with zero attached hydrogens (tertiary/aromatic N) is 3. The maximum atomic E-state index is 4.24. The van der Waals surface area contributed by atoms with E-state index in [-0.39, 0.29) is 0 Å². The van der Waals surface area contributed by atoms with Crippen molar-refractivity contribution >= 4 is 30.3 Å². The molecule has 0 aliphatic carbocycles. The van der Waals surface area contributed by atoms with Crippen molar-refractivity contribution in [3.05, 3.63) is 18.2 Å². The molecule has 0 bridgehead atoms. The van der Waals surface area contributed by atoms with Gasteiger partial charge in [-0.25, -0.2) is 9.29 Å². The second kappa shape index (κ2) is 11.1. The molecule has 1 aromatic rings. The first-order valence-corrected chi connectivity index (χ1v) is 10.0. The van der Waals surface area contributed by atoms with E-state index in [0.29, 0.717) is 6.04 Å². The summed E-state index contributed by atoms with van der Waals surface area (Å²) in [5, 5.41) is 0. The summed E-state index contributed by atoms with van der Waals surface area (Å²) in [5.74, 6) is 0. The average molecular weight is 383 g/mol. The largest absolute Gasteiger partial charge is 0.337 e. The number of imidazole rings is 1. The number of aryl methyl sites for hydroxylation is 2. The summed E-state index contributed by atoms with van der Waals surface area (Å²) < 4.78 is 4.62. The third-order valence-electron chi connectivity index (χ3n) is 2.59. The third kappa shape index (κ3) is 6.99. The summed E-state index contributed by atoms with van der Waals surface area (Å²) in [5.41, 5.74) is 1.10. The Morgan fingerprint density at radius 3 is 2.61 bits per heavy atom. The molecule has 0 amide bonds. The van der Waals surface area contributed by atoms with Gasteiger partial charge in [-0.3, -0.25) is 0 Å². The first-order chi connectivity index (χ1) is 8.67. The molecule has 0 unspecified atom stereocenters. The fourth-order valence-electron chi connectivity index (χ4n) is 1.62. The van der Waals surface area contributed by atoms with Gasteiger partial charge in [0.05, 0.1) is 12.0 Å². The topological polar surface area (TPSA) is 21.1 Å². The van der Waals surface area contributed by atoms with Gasteiger partial charge >= 0.3 is 0 Å². The van der Waals surface area contributed by atoms with E-state index in [2.05, 4.69) is 55.1 Å². The predicted octanol–water partition coefficient (Wildman–Crippen LogP) is 4.71. The molecule has 106 valence electrons. The van der Waals surface area contributed by atoms with Crippen LogP contribution < -0.4 is 0 Å². The van der Waals surface area contributed by atoms with Gasteiger partial charge in [-0.15, -0.1) is 0 Å². The smallest absolute Gasteiger partial charge is 0.0949 e. The maximum absolute atomic E-state index is 4.24. The second-order valence-corrected chi connectivity index (χ2v) is 5.89. The average Bonchev–Trinajstić information content (AvgIpc) is 2.81. The zero-order valence-corrected chi connectivity index (χ0v) is 15.2. The molecular weight excluding hydrogens is 357 g/mol. The minimum Gasteiger partial charge on any atom is -0.337 e. The van der Waals surface area contributed by atoms with Crippen molar-refractivity contribution in [1.82, 2.24) is 13.9 Å². The lowest BCUT2D eigenvalue weighted by atomic mass is 10.2. The van der Waals surface area contributed by atoms with Crippen LogP contribution in [0.5, 0.6) is 0 Å². The normalized spacial score (nSPS) is 12.2. The van der Waals surface area contributed by atoms with Crippen LogP contribution in [-0.4, -0.2) is 26.4 Å². The Balaban J connectivity index is 0.00000137. The van der Waals surface area contributed by atoms with E-state index < -0.39 is 0 Å². The van der Waals surface area contributed by atoms with Crippen molar-refractivity contribution in [1.29, 1.82) is 0 Å². The monoisotopic (exact) mass is 383 g/mol. The first kappa shape index (κ1) is 18.2. The molecule has 0 spiro atoms. The van der Waals surface area contributed by atoms with Crippen LogP contribution in [0.2, 0.25) is 0 Å². The summed E-state index contributed by atoms with van der Waals surface area (Å²) in [7, 11) is 1.82. The number of aromatic nitrogens is 2. The fraction of sp³-hybridized carbons (Fsp3) is 0.769. The lowest BCUT2D eigenvalue weighted by Crippen LogP contribution is -2.27. The van der Waals surface area contributed by atoms with Crippen molar-refractivity contribution in [2.75, 3.05) is 6.54 Å². The fourth-order valence-corrected chi connectivity index (χ4v) is 3.87. The zero-order valence-electron chi connectivity index (χ0n) is 12.2. The van der Waals surface area contributed by atoms with E-state index in [4.69, 9.17) is 0 Å². The van der Waals surface area contributed by atoms with Crippen LogP contribution >= 0.6 is 30.3 Å². The summed E-state index contributed by atoms with van der Waals surface area (Å²) in [6, 6.07) is 0.615. The van der Waals surface area contributed by atoms with Crippen molar-refractivity contribution < 1.29 is 0 Å². The zero-order chi connectivity index (χ0) is 14.0. The van der Waals surface area contributed by atoms with Gasteiger partial charge in [0, 0.05) is 46.5 Å². The van der Waals surface area contributed by atoms with E-state index in [1.807, 2.05) is 36.2 Å². The maximum Gasteiger partial charge on any atom is 0.0949 e. The molecule has 0 saturated heterocycles. The summed E-state index contributed by atoms with van der Waals surface area (Å²) in [6.07, 6.45) is 6.41. The van der Waals surface area contributed by atoms with Gasteiger partial charge in [-0.2, -0.15) is 0 Å². The predicted molar refractivity (Wildman–Crippen MR) is 91.0 cm³/mol. The SMILES string of the molecule is CC.CCCN(SI)[C@@H](C)CCn1cnc(C)c1. The highest BCUT2D eigenvalue weighted by Crippen LogP contribution is 2.23. The minimum atomic E-state index is 0.615. The molecule has 18 heavy (non-hydrogen) atoms. The van der Waals surface area contributed by atoms with Crippen molar-refractivity contribution in [3.8, 4) is 0 Å². The van der Waals surface area contributed by atoms with Crippen LogP contribution in [-0.2, 0) is 6.54 Å². The molecule has 3 nitrogen and oxygen atoms in total. The Morgan fingerprint density at radius 1 is 1.50 bits per heavy atom. The van der Waals surface area contributed by atoms with E-state index in [1.54, 1.807) is 0 Å². The highest BCUT2D eigenvalue weighted by molar-refractivity contribution is 14.2. The summed E-state index contributed by atoms with van der Waals surface area (Å²) in [4.78, 5) is 4.24.